The van der Waals surface area contributed by atoms with E-state index in [1.165, 1.54) is 0 Å². The second-order valence-corrected chi connectivity index (χ2v) is 6.63. The summed E-state index contributed by atoms with van der Waals surface area (Å²) in [4.78, 5) is 19.8. The molecule has 1 amide bonds. The van der Waals surface area contributed by atoms with Gasteiger partial charge in [0.15, 0.2) is 5.65 Å². The topological polar surface area (TPSA) is 63.1 Å². The van der Waals surface area contributed by atoms with Crippen molar-refractivity contribution in [1.29, 1.82) is 0 Å². The Morgan fingerprint density at radius 2 is 1.85 bits per heavy atom. The lowest BCUT2D eigenvalue weighted by atomic mass is 10.1. The van der Waals surface area contributed by atoms with E-state index in [2.05, 4.69) is 34.1 Å². The largest absolute Gasteiger partial charge is 0.351 e. The number of hydrogen-bond donors (Lipinski definition) is 1. The first-order valence-corrected chi connectivity index (χ1v) is 9.48. The molecule has 6 nitrogen and oxygen atoms in total. The first kappa shape index (κ1) is 19.0. The standard InChI is InChI=1S/C21H27N5O/c1-5-25(6-2)13-12-22-21(27)18-14-15(3)23-20-19(18)16(4)24-26(20)17-10-8-7-9-11-17/h7-11,14H,5-6,12-13H2,1-4H3,(H,22,27). The van der Waals surface area contributed by atoms with Crippen LogP contribution in [0.5, 0.6) is 0 Å². The van der Waals surface area contributed by atoms with Crippen LogP contribution in [-0.2, 0) is 0 Å². The van der Waals surface area contributed by atoms with E-state index in [1.54, 1.807) is 0 Å². The van der Waals surface area contributed by atoms with Gasteiger partial charge < -0.3 is 10.2 Å². The smallest absolute Gasteiger partial charge is 0.252 e. The molecule has 2 heterocycles. The zero-order valence-electron chi connectivity index (χ0n) is 16.5. The van der Waals surface area contributed by atoms with Crippen LogP contribution in [0.15, 0.2) is 36.4 Å². The fourth-order valence-electron chi connectivity index (χ4n) is 3.30. The van der Waals surface area contributed by atoms with Crippen LogP contribution >= 0.6 is 0 Å². The predicted octanol–water partition coefficient (Wildman–Crippen LogP) is 3.11. The summed E-state index contributed by atoms with van der Waals surface area (Å²) in [7, 11) is 0. The van der Waals surface area contributed by atoms with Crippen molar-refractivity contribution in [3.05, 3.63) is 53.3 Å². The maximum atomic E-state index is 12.9. The van der Waals surface area contributed by atoms with Crippen molar-refractivity contribution < 1.29 is 4.79 Å². The predicted molar refractivity (Wildman–Crippen MR) is 108 cm³/mol. The first-order chi connectivity index (χ1) is 13.0. The van der Waals surface area contributed by atoms with Crippen LogP contribution in [0.3, 0.4) is 0 Å². The van der Waals surface area contributed by atoms with Crippen LogP contribution in [0.1, 0.15) is 35.6 Å². The quantitative estimate of drug-likeness (QED) is 0.699. The Morgan fingerprint density at radius 1 is 1.15 bits per heavy atom. The summed E-state index contributed by atoms with van der Waals surface area (Å²) in [6, 6.07) is 11.7. The van der Waals surface area contributed by atoms with Gasteiger partial charge in [-0.1, -0.05) is 32.0 Å². The van der Waals surface area contributed by atoms with Crippen molar-refractivity contribution in [2.75, 3.05) is 26.2 Å². The second kappa shape index (κ2) is 8.31. The van der Waals surface area contributed by atoms with Crippen LogP contribution in [0.4, 0.5) is 0 Å². The third kappa shape index (κ3) is 4.01. The Balaban J connectivity index is 1.94. The number of pyridine rings is 1. The molecule has 0 spiro atoms. The monoisotopic (exact) mass is 365 g/mol. The van der Waals surface area contributed by atoms with Crippen molar-refractivity contribution >= 4 is 16.9 Å². The molecule has 0 aliphatic rings. The summed E-state index contributed by atoms with van der Waals surface area (Å²) in [5.74, 6) is -0.0756. The van der Waals surface area contributed by atoms with Gasteiger partial charge in [-0.15, -0.1) is 0 Å². The van der Waals surface area contributed by atoms with Crippen molar-refractivity contribution in [3.63, 3.8) is 0 Å². The highest BCUT2D eigenvalue weighted by atomic mass is 16.1. The Bertz CT molecular complexity index is 929. The van der Waals surface area contributed by atoms with Crippen LogP contribution in [0, 0.1) is 13.8 Å². The van der Waals surface area contributed by atoms with Crippen molar-refractivity contribution in [2.24, 2.45) is 0 Å². The minimum absolute atomic E-state index is 0.0756. The summed E-state index contributed by atoms with van der Waals surface area (Å²) in [5.41, 5.74) is 3.88. The second-order valence-electron chi connectivity index (χ2n) is 6.63. The van der Waals surface area contributed by atoms with Gasteiger partial charge in [-0.05, 0) is 45.1 Å². The Kier molecular flexibility index (Phi) is 5.86. The average Bonchev–Trinajstić information content (AvgIpc) is 3.01. The number of likely N-dealkylation sites (N-methyl/N-ethyl adjacent to an activating group) is 1. The molecule has 142 valence electrons. The van der Waals surface area contributed by atoms with Crippen molar-refractivity contribution in [3.8, 4) is 5.69 Å². The number of fused-ring (bicyclic) bond motifs is 1. The number of benzene rings is 1. The van der Waals surface area contributed by atoms with E-state index in [0.29, 0.717) is 17.8 Å². The number of amides is 1. The molecule has 0 saturated carbocycles. The summed E-state index contributed by atoms with van der Waals surface area (Å²) in [6.07, 6.45) is 0. The summed E-state index contributed by atoms with van der Waals surface area (Å²) < 4.78 is 1.81. The molecule has 6 heteroatoms. The number of nitrogens with one attached hydrogen (secondary N) is 1. The van der Waals surface area contributed by atoms with Crippen molar-refractivity contribution in [2.45, 2.75) is 27.7 Å². The average molecular weight is 365 g/mol. The van der Waals surface area contributed by atoms with E-state index in [9.17, 15) is 4.79 Å². The summed E-state index contributed by atoms with van der Waals surface area (Å²) in [5, 5.41) is 8.50. The number of carbonyl (C=O) groups is 1. The lowest BCUT2D eigenvalue weighted by Gasteiger charge is -2.18. The molecular formula is C21H27N5O. The highest BCUT2D eigenvalue weighted by Gasteiger charge is 2.19. The van der Waals surface area contributed by atoms with Gasteiger partial charge in [0, 0.05) is 18.8 Å². The molecule has 0 radical (unpaired) electrons. The summed E-state index contributed by atoms with van der Waals surface area (Å²) >= 11 is 0. The highest BCUT2D eigenvalue weighted by Crippen LogP contribution is 2.24. The molecule has 27 heavy (non-hydrogen) atoms. The third-order valence-electron chi connectivity index (χ3n) is 4.79. The molecule has 0 fully saturated rings. The van der Waals surface area contributed by atoms with E-state index >= 15 is 0 Å². The molecule has 0 atom stereocenters. The Labute approximate surface area is 160 Å². The maximum Gasteiger partial charge on any atom is 0.252 e. The first-order valence-electron chi connectivity index (χ1n) is 9.48. The minimum Gasteiger partial charge on any atom is -0.351 e. The zero-order chi connectivity index (χ0) is 19.4. The van der Waals surface area contributed by atoms with Crippen LogP contribution < -0.4 is 5.32 Å². The molecule has 1 N–H and O–H groups in total. The lowest BCUT2D eigenvalue weighted by Crippen LogP contribution is -2.34. The molecule has 0 saturated heterocycles. The number of nitrogens with zero attached hydrogens (tertiary/aromatic N) is 4. The van der Waals surface area contributed by atoms with Gasteiger partial charge in [0.25, 0.3) is 5.91 Å². The van der Waals surface area contributed by atoms with E-state index in [-0.39, 0.29) is 5.91 Å². The van der Waals surface area contributed by atoms with E-state index < -0.39 is 0 Å². The Hall–Kier alpha value is -2.73. The fraction of sp³-hybridized carbons (Fsp3) is 0.381. The molecule has 0 bridgehead atoms. The Morgan fingerprint density at radius 3 is 2.52 bits per heavy atom. The summed E-state index contributed by atoms with van der Waals surface area (Å²) in [6.45, 7) is 11.5. The number of aromatic nitrogens is 3. The number of hydrogen-bond acceptors (Lipinski definition) is 4. The highest BCUT2D eigenvalue weighted by molar-refractivity contribution is 6.06. The molecule has 0 aliphatic heterocycles. The van der Waals surface area contributed by atoms with E-state index in [4.69, 9.17) is 0 Å². The van der Waals surface area contributed by atoms with Crippen LogP contribution in [0.2, 0.25) is 0 Å². The third-order valence-corrected chi connectivity index (χ3v) is 4.79. The zero-order valence-corrected chi connectivity index (χ0v) is 16.5. The van der Waals surface area contributed by atoms with Gasteiger partial charge >= 0.3 is 0 Å². The van der Waals surface area contributed by atoms with Crippen LogP contribution in [0.25, 0.3) is 16.7 Å². The lowest BCUT2D eigenvalue weighted by molar-refractivity contribution is 0.0950. The molecule has 0 aliphatic carbocycles. The maximum absolute atomic E-state index is 12.9. The number of para-hydroxylation sites is 1. The fourth-order valence-corrected chi connectivity index (χ4v) is 3.30. The van der Waals surface area contributed by atoms with Gasteiger partial charge in [-0.3, -0.25) is 4.79 Å². The number of rotatable bonds is 7. The molecule has 2 aromatic heterocycles. The van der Waals surface area contributed by atoms with E-state index in [0.717, 1.165) is 42.1 Å². The SMILES string of the molecule is CCN(CC)CCNC(=O)c1cc(C)nc2c1c(C)nn2-c1ccccc1. The van der Waals surface area contributed by atoms with E-state index in [1.807, 2.05) is 54.9 Å². The number of aryl methyl sites for hydroxylation is 2. The van der Waals surface area contributed by atoms with Crippen LogP contribution in [-0.4, -0.2) is 51.8 Å². The van der Waals surface area contributed by atoms with Gasteiger partial charge in [-0.25, -0.2) is 9.67 Å². The van der Waals surface area contributed by atoms with Gasteiger partial charge in [0.05, 0.1) is 22.3 Å². The minimum atomic E-state index is -0.0756. The molecule has 0 unspecified atom stereocenters. The van der Waals surface area contributed by atoms with Gasteiger partial charge in [0.2, 0.25) is 0 Å². The molecule has 3 aromatic rings. The molecule has 1 aromatic carbocycles. The normalized spacial score (nSPS) is 11.3. The number of carbonyl (C=O) groups excluding carboxylic acids is 1. The van der Waals surface area contributed by atoms with Crippen molar-refractivity contribution in [1.82, 2.24) is 25.0 Å². The molecular weight excluding hydrogens is 338 g/mol. The van der Waals surface area contributed by atoms with Gasteiger partial charge in [-0.2, -0.15) is 5.10 Å². The van der Waals surface area contributed by atoms with Gasteiger partial charge in [0.1, 0.15) is 0 Å². The molecule has 3 rings (SSSR count).